The van der Waals surface area contributed by atoms with Gasteiger partial charge in [-0.25, -0.2) is 0 Å². The molecule has 2 heterocycles. The Balaban J connectivity index is 1.43. The van der Waals surface area contributed by atoms with E-state index in [9.17, 15) is 4.79 Å². The van der Waals surface area contributed by atoms with Crippen molar-refractivity contribution in [1.29, 1.82) is 0 Å². The minimum Gasteiger partial charge on any atom is -0.361 e. The molecule has 5 rings (SSSR count). The maximum atomic E-state index is 13.0. The summed E-state index contributed by atoms with van der Waals surface area (Å²) in [5, 5.41) is 4.15. The highest BCUT2D eigenvalue weighted by atomic mass is 16.1. The first-order chi connectivity index (χ1) is 15.3. The summed E-state index contributed by atoms with van der Waals surface area (Å²) in [4.78, 5) is 18.7. The lowest BCUT2D eigenvalue weighted by molar-refractivity contribution is 0.102. The number of carbonyl (C=O) groups excluding carboxylic acids is 1. The average molecular weight is 410 g/mol. The van der Waals surface area contributed by atoms with Crippen LogP contribution in [-0.2, 0) is 6.54 Å². The number of piperidine rings is 1. The van der Waals surface area contributed by atoms with Gasteiger partial charge in [0.05, 0.1) is 0 Å². The van der Waals surface area contributed by atoms with Crippen molar-refractivity contribution in [3.05, 3.63) is 90.1 Å². The lowest BCUT2D eigenvalue weighted by atomic mass is 9.96. The number of hydrogen-bond acceptors (Lipinski definition) is 2. The molecule has 0 spiro atoms. The van der Waals surface area contributed by atoms with Crippen LogP contribution >= 0.6 is 0 Å². The number of anilines is 1. The summed E-state index contributed by atoms with van der Waals surface area (Å²) < 4.78 is 0. The van der Waals surface area contributed by atoms with Gasteiger partial charge in [0.1, 0.15) is 0 Å². The van der Waals surface area contributed by atoms with Gasteiger partial charge >= 0.3 is 0 Å². The van der Waals surface area contributed by atoms with Crippen LogP contribution < -0.4 is 5.32 Å². The van der Waals surface area contributed by atoms with Gasteiger partial charge in [0.2, 0.25) is 0 Å². The third kappa shape index (κ3) is 4.39. The van der Waals surface area contributed by atoms with Crippen LogP contribution in [0.15, 0.2) is 79.0 Å². The summed E-state index contributed by atoms with van der Waals surface area (Å²) in [5.41, 5.74) is 6.18. The molecule has 1 aromatic heterocycles. The molecule has 1 fully saturated rings. The van der Waals surface area contributed by atoms with Crippen molar-refractivity contribution < 1.29 is 4.79 Å². The third-order valence-corrected chi connectivity index (χ3v) is 6.11. The van der Waals surface area contributed by atoms with Gasteiger partial charge in [-0.15, -0.1) is 0 Å². The zero-order valence-electron chi connectivity index (χ0n) is 17.6. The SMILES string of the molecule is O=C(Nc1ccc2[nH]ccc2c1)c1ccc(-c2ccccc2)c(CN2CCCCC2)c1. The number of hydrogen-bond donors (Lipinski definition) is 2. The second-order valence-corrected chi connectivity index (χ2v) is 8.31. The second-order valence-electron chi connectivity index (χ2n) is 8.31. The fraction of sp³-hybridized carbons (Fsp3) is 0.222. The molecule has 0 saturated carbocycles. The quantitative estimate of drug-likeness (QED) is 0.420. The molecule has 4 heteroatoms. The third-order valence-electron chi connectivity index (χ3n) is 6.11. The standard InChI is InChI=1S/C27H27N3O/c31-27(29-24-10-12-26-21(18-24)13-14-28-26)22-9-11-25(20-7-3-1-4-8-20)23(17-22)19-30-15-5-2-6-16-30/h1,3-4,7-14,17-18,28H,2,5-6,15-16,19H2,(H,29,31). The summed E-state index contributed by atoms with van der Waals surface area (Å²) in [6.45, 7) is 3.13. The number of benzene rings is 3. The van der Waals surface area contributed by atoms with Crippen molar-refractivity contribution in [3.8, 4) is 11.1 Å². The number of likely N-dealkylation sites (tertiary alicyclic amines) is 1. The maximum absolute atomic E-state index is 13.0. The highest BCUT2D eigenvalue weighted by Crippen LogP contribution is 2.27. The molecule has 4 nitrogen and oxygen atoms in total. The zero-order chi connectivity index (χ0) is 21.0. The Morgan fingerprint density at radius 1 is 0.903 bits per heavy atom. The van der Waals surface area contributed by atoms with Crippen molar-refractivity contribution in [3.63, 3.8) is 0 Å². The van der Waals surface area contributed by atoms with E-state index in [-0.39, 0.29) is 5.91 Å². The molecular weight excluding hydrogens is 382 g/mol. The van der Waals surface area contributed by atoms with E-state index < -0.39 is 0 Å². The molecule has 1 aliphatic rings. The van der Waals surface area contributed by atoms with Gasteiger partial charge in [-0.05, 0) is 79.0 Å². The Morgan fingerprint density at radius 2 is 1.74 bits per heavy atom. The molecule has 31 heavy (non-hydrogen) atoms. The van der Waals surface area contributed by atoms with Crippen LogP contribution in [0.5, 0.6) is 0 Å². The van der Waals surface area contributed by atoms with Gasteiger partial charge in [0, 0.05) is 34.9 Å². The molecular formula is C27H27N3O. The molecule has 0 unspecified atom stereocenters. The number of nitrogens with one attached hydrogen (secondary N) is 2. The lowest BCUT2D eigenvalue weighted by Crippen LogP contribution is -2.29. The fourth-order valence-electron chi connectivity index (χ4n) is 4.46. The molecule has 2 N–H and O–H groups in total. The number of aromatic nitrogens is 1. The number of aromatic amines is 1. The van der Waals surface area contributed by atoms with E-state index in [4.69, 9.17) is 0 Å². The molecule has 0 radical (unpaired) electrons. The largest absolute Gasteiger partial charge is 0.361 e. The van der Waals surface area contributed by atoms with E-state index in [2.05, 4.69) is 51.6 Å². The van der Waals surface area contributed by atoms with Gasteiger partial charge in [0.15, 0.2) is 0 Å². The normalized spacial score (nSPS) is 14.6. The van der Waals surface area contributed by atoms with Crippen LogP contribution in [0.2, 0.25) is 0 Å². The lowest BCUT2D eigenvalue weighted by Gasteiger charge is -2.27. The van der Waals surface area contributed by atoms with Crippen molar-refractivity contribution in [2.45, 2.75) is 25.8 Å². The van der Waals surface area contributed by atoms with Crippen molar-refractivity contribution in [1.82, 2.24) is 9.88 Å². The molecule has 1 aliphatic heterocycles. The van der Waals surface area contributed by atoms with E-state index in [0.717, 1.165) is 36.2 Å². The first-order valence-electron chi connectivity index (χ1n) is 11.1. The average Bonchev–Trinajstić information content (AvgIpc) is 3.28. The maximum Gasteiger partial charge on any atom is 0.255 e. The second kappa shape index (κ2) is 8.78. The highest BCUT2D eigenvalue weighted by Gasteiger charge is 2.16. The number of rotatable bonds is 5. The van der Waals surface area contributed by atoms with Gasteiger partial charge < -0.3 is 10.3 Å². The first kappa shape index (κ1) is 19.6. The minimum absolute atomic E-state index is 0.0746. The van der Waals surface area contributed by atoms with Gasteiger partial charge in [0.25, 0.3) is 5.91 Å². The Morgan fingerprint density at radius 3 is 2.58 bits per heavy atom. The van der Waals surface area contributed by atoms with E-state index in [1.807, 2.05) is 42.6 Å². The molecule has 3 aromatic carbocycles. The van der Waals surface area contributed by atoms with E-state index >= 15 is 0 Å². The number of H-pyrrole nitrogens is 1. The van der Waals surface area contributed by atoms with Crippen LogP contribution in [0.25, 0.3) is 22.0 Å². The first-order valence-corrected chi connectivity index (χ1v) is 11.1. The molecule has 156 valence electrons. The zero-order valence-corrected chi connectivity index (χ0v) is 17.6. The van der Waals surface area contributed by atoms with Crippen molar-refractivity contribution in [2.24, 2.45) is 0 Å². The predicted octanol–water partition coefficient (Wildman–Crippen LogP) is 6.07. The molecule has 0 aliphatic carbocycles. The summed E-state index contributed by atoms with van der Waals surface area (Å²) in [6.07, 6.45) is 5.73. The Hall–Kier alpha value is -3.37. The van der Waals surface area contributed by atoms with Gasteiger partial charge in [-0.2, -0.15) is 0 Å². The summed E-state index contributed by atoms with van der Waals surface area (Å²) in [5.74, 6) is -0.0746. The van der Waals surface area contributed by atoms with E-state index in [1.54, 1.807) is 0 Å². The topological polar surface area (TPSA) is 48.1 Å². The fourth-order valence-corrected chi connectivity index (χ4v) is 4.46. The minimum atomic E-state index is -0.0746. The monoisotopic (exact) mass is 409 g/mol. The molecule has 4 aromatic rings. The smallest absolute Gasteiger partial charge is 0.255 e. The van der Waals surface area contributed by atoms with Gasteiger partial charge in [-0.3, -0.25) is 9.69 Å². The molecule has 1 saturated heterocycles. The molecule has 0 bridgehead atoms. The van der Waals surface area contributed by atoms with Crippen LogP contribution in [0.1, 0.15) is 35.2 Å². The summed E-state index contributed by atoms with van der Waals surface area (Å²) in [7, 11) is 0. The van der Waals surface area contributed by atoms with Crippen LogP contribution in [0.4, 0.5) is 5.69 Å². The Labute approximate surface area is 182 Å². The van der Waals surface area contributed by atoms with E-state index in [0.29, 0.717) is 5.56 Å². The summed E-state index contributed by atoms with van der Waals surface area (Å²) >= 11 is 0. The number of fused-ring (bicyclic) bond motifs is 1. The number of nitrogens with zero attached hydrogens (tertiary/aromatic N) is 1. The number of amides is 1. The van der Waals surface area contributed by atoms with E-state index in [1.165, 1.54) is 36.0 Å². The number of carbonyl (C=O) groups is 1. The predicted molar refractivity (Wildman–Crippen MR) is 127 cm³/mol. The van der Waals surface area contributed by atoms with Crippen LogP contribution in [0, 0.1) is 0 Å². The molecule has 0 atom stereocenters. The van der Waals surface area contributed by atoms with Crippen molar-refractivity contribution >= 4 is 22.5 Å². The Kier molecular flexibility index (Phi) is 5.55. The molecule has 1 amide bonds. The highest BCUT2D eigenvalue weighted by molar-refractivity contribution is 6.05. The van der Waals surface area contributed by atoms with Crippen LogP contribution in [-0.4, -0.2) is 28.9 Å². The van der Waals surface area contributed by atoms with Gasteiger partial charge in [-0.1, -0.05) is 42.8 Å². The Bertz CT molecular complexity index is 1190. The van der Waals surface area contributed by atoms with Crippen molar-refractivity contribution in [2.75, 3.05) is 18.4 Å². The summed E-state index contributed by atoms with van der Waals surface area (Å²) in [6, 6.07) is 24.5. The van der Waals surface area contributed by atoms with Crippen LogP contribution in [0.3, 0.4) is 0 Å².